The molecule has 39 heavy (non-hydrogen) atoms. The van der Waals surface area contributed by atoms with Crippen LogP contribution in [0.1, 0.15) is 43.2 Å². The molecule has 9 nitrogen and oxygen atoms in total. The Hall–Kier alpha value is -3.53. The first-order valence-electron chi connectivity index (χ1n) is 13.2. The number of nitrogens with two attached hydrogens (primary N) is 1. The molecule has 2 aliphatic rings. The maximum Gasteiger partial charge on any atom is 0.323 e. The maximum absolute atomic E-state index is 13.5. The lowest BCUT2D eigenvalue weighted by atomic mass is 9.80. The highest BCUT2D eigenvalue weighted by Gasteiger charge is 2.40. The molecule has 1 saturated carbocycles. The van der Waals surface area contributed by atoms with Gasteiger partial charge in [-0.2, -0.15) is 0 Å². The Bertz CT molecular complexity index is 1300. The highest BCUT2D eigenvalue weighted by atomic mass is 35.5. The van der Waals surface area contributed by atoms with Crippen LogP contribution in [0.25, 0.3) is 0 Å². The smallest absolute Gasteiger partial charge is 0.323 e. The SMILES string of the molecule is COC1CC(C(=O)Nc2cccc(C(N)(CCC3CC3)c3ccncc3)c2)N(C(=O)Nc2ccc(Cl)cn2)C1. The highest BCUT2D eigenvalue weighted by molar-refractivity contribution is 6.30. The zero-order valence-corrected chi connectivity index (χ0v) is 22.6. The number of amides is 3. The van der Waals surface area contributed by atoms with Gasteiger partial charge in [0.15, 0.2) is 0 Å². The van der Waals surface area contributed by atoms with E-state index in [1.54, 1.807) is 31.6 Å². The van der Waals surface area contributed by atoms with Gasteiger partial charge in [0.1, 0.15) is 11.9 Å². The molecule has 1 aliphatic carbocycles. The second kappa shape index (κ2) is 11.7. The summed E-state index contributed by atoms with van der Waals surface area (Å²) in [6.45, 7) is 0.281. The van der Waals surface area contributed by atoms with E-state index in [2.05, 4.69) is 20.6 Å². The zero-order valence-electron chi connectivity index (χ0n) is 21.8. The van der Waals surface area contributed by atoms with E-state index in [1.807, 2.05) is 36.4 Å². The number of likely N-dealkylation sites (tertiary alicyclic amines) is 1. The van der Waals surface area contributed by atoms with Crippen LogP contribution >= 0.6 is 11.6 Å². The molecule has 3 amide bonds. The highest BCUT2D eigenvalue weighted by Crippen LogP contribution is 2.40. The zero-order chi connectivity index (χ0) is 27.4. The monoisotopic (exact) mass is 548 g/mol. The number of hydrogen-bond donors (Lipinski definition) is 3. The number of benzene rings is 1. The molecule has 3 atom stereocenters. The second-order valence-electron chi connectivity index (χ2n) is 10.3. The van der Waals surface area contributed by atoms with Gasteiger partial charge in [-0.05, 0) is 66.3 Å². The van der Waals surface area contributed by atoms with E-state index in [1.165, 1.54) is 23.9 Å². The van der Waals surface area contributed by atoms with E-state index >= 15 is 0 Å². The molecule has 1 saturated heterocycles. The van der Waals surface area contributed by atoms with E-state index in [0.717, 1.165) is 29.9 Å². The van der Waals surface area contributed by atoms with Gasteiger partial charge in [0.2, 0.25) is 5.91 Å². The number of pyridine rings is 2. The number of carbonyl (C=O) groups is 2. The summed E-state index contributed by atoms with van der Waals surface area (Å²) in [6, 6.07) is 13.7. The Kier molecular flexibility index (Phi) is 8.11. The van der Waals surface area contributed by atoms with Crippen molar-refractivity contribution >= 4 is 35.0 Å². The van der Waals surface area contributed by atoms with Crippen molar-refractivity contribution in [2.24, 2.45) is 11.7 Å². The Balaban J connectivity index is 1.33. The van der Waals surface area contributed by atoms with Gasteiger partial charge in [-0.1, -0.05) is 36.6 Å². The van der Waals surface area contributed by atoms with E-state index < -0.39 is 17.6 Å². The minimum absolute atomic E-state index is 0.262. The minimum atomic E-state index is -0.719. The van der Waals surface area contributed by atoms with Crippen molar-refractivity contribution in [2.45, 2.75) is 49.8 Å². The maximum atomic E-state index is 13.5. The number of anilines is 2. The van der Waals surface area contributed by atoms with Gasteiger partial charge in [-0.15, -0.1) is 0 Å². The summed E-state index contributed by atoms with van der Waals surface area (Å²) in [4.78, 5) is 36.3. The van der Waals surface area contributed by atoms with Crippen LogP contribution in [0.3, 0.4) is 0 Å². The van der Waals surface area contributed by atoms with Gasteiger partial charge in [0.05, 0.1) is 16.7 Å². The Labute approximate surface area is 233 Å². The van der Waals surface area contributed by atoms with E-state index in [4.69, 9.17) is 22.1 Å². The number of nitrogens with one attached hydrogen (secondary N) is 2. The molecule has 3 aromatic rings. The molecule has 3 heterocycles. The lowest BCUT2D eigenvalue weighted by Gasteiger charge is -2.31. The summed E-state index contributed by atoms with van der Waals surface area (Å²) in [5, 5.41) is 6.21. The summed E-state index contributed by atoms with van der Waals surface area (Å²) >= 11 is 5.90. The average molecular weight is 549 g/mol. The van der Waals surface area contributed by atoms with Crippen molar-refractivity contribution in [3.8, 4) is 0 Å². The fourth-order valence-corrected chi connectivity index (χ4v) is 5.23. The molecule has 0 radical (unpaired) electrons. The molecule has 4 N–H and O–H groups in total. The van der Waals surface area contributed by atoms with Crippen molar-refractivity contribution in [1.82, 2.24) is 14.9 Å². The summed E-state index contributed by atoms with van der Waals surface area (Å²) < 4.78 is 5.50. The third-order valence-electron chi connectivity index (χ3n) is 7.61. The van der Waals surface area contributed by atoms with Gasteiger partial charge in [0.25, 0.3) is 0 Å². The number of carbonyl (C=O) groups excluding carboxylic acids is 2. The summed E-state index contributed by atoms with van der Waals surface area (Å²) in [5.41, 5.74) is 8.89. The molecule has 5 rings (SSSR count). The standard InChI is InChI=1S/C29H33ClN6O3/c1-39-24-16-25(36(18-24)28(38)35-26-8-7-22(30)17-33-26)27(37)34-23-4-2-3-21(15-23)29(31,12-9-19-5-6-19)20-10-13-32-14-11-20/h2-4,7-8,10-11,13-15,17,19,24-25H,5-6,9,12,16,18,31H2,1H3,(H,34,37)(H,33,35,38). The van der Waals surface area contributed by atoms with Crippen LogP contribution in [-0.4, -0.2) is 52.6 Å². The van der Waals surface area contributed by atoms with Crippen LogP contribution in [0.2, 0.25) is 5.02 Å². The average Bonchev–Trinajstić information content (AvgIpc) is 3.69. The van der Waals surface area contributed by atoms with Gasteiger partial charge < -0.3 is 20.7 Å². The predicted molar refractivity (Wildman–Crippen MR) is 150 cm³/mol. The van der Waals surface area contributed by atoms with Crippen LogP contribution in [-0.2, 0) is 15.1 Å². The van der Waals surface area contributed by atoms with Crippen LogP contribution in [0.4, 0.5) is 16.3 Å². The molecular formula is C29H33ClN6O3. The molecular weight excluding hydrogens is 516 g/mol. The lowest BCUT2D eigenvalue weighted by Crippen LogP contribution is -2.45. The van der Waals surface area contributed by atoms with Crippen LogP contribution < -0.4 is 16.4 Å². The van der Waals surface area contributed by atoms with Gasteiger partial charge in [-0.3, -0.25) is 15.1 Å². The van der Waals surface area contributed by atoms with Crippen molar-refractivity contribution in [3.05, 3.63) is 83.3 Å². The number of hydrogen-bond acceptors (Lipinski definition) is 6. The van der Waals surface area contributed by atoms with Crippen molar-refractivity contribution in [1.29, 1.82) is 0 Å². The van der Waals surface area contributed by atoms with Crippen molar-refractivity contribution in [2.75, 3.05) is 24.3 Å². The van der Waals surface area contributed by atoms with Crippen LogP contribution in [0, 0.1) is 5.92 Å². The largest absolute Gasteiger partial charge is 0.380 e. The number of rotatable bonds is 9. The fourth-order valence-electron chi connectivity index (χ4n) is 5.12. The van der Waals surface area contributed by atoms with E-state index in [-0.39, 0.29) is 18.6 Å². The Morgan fingerprint density at radius 3 is 2.62 bits per heavy atom. The number of methoxy groups -OCH3 is 1. The van der Waals surface area contributed by atoms with Gasteiger partial charge >= 0.3 is 6.03 Å². The van der Waals surface area contributed by atoms with E-state index in [9.17, 15) is 9.59 Å². The third kappa shape index (κ3) is 6.38. The third-order valence-corrected chi connectivity index (χ3v) is 7.83. The second-order valence-corrected chi connectivity index (χ2v) is 10.7. The van der Waals surface area contributed by atoms with Crippen LogP contribution in [0.5, 0.6) is 0 Å². The first-order valence-corrected chi connectivity index (χ1v) is 13.6. The summed E-state index contributed by atoms with van der Waals surface area (Å²) in [6.07, 6.45) is 9.42. The molecule has 204 valence electrons. The summed E-state index contributed by atoms with van der Waals surface area (Å²) in [5.74, 6) is 0.781. The Morgan fingerprint density at radius 2 is 1.92 bits per heavy atom. The molecule has 2 fully saturated rings. The quantitative estimate of drug-likeness (QED) is 0.353. The number of aromatic nitrogens is 2. The topological polar surface area (TPSA) is 122 Å². The lowest BCUT2D eigenvalue weighted by molar-refractivity contribution is -0.119. The minimum Gasteiger partial charge on any atom is -0.380 e. The Morgan fingerprint density at radius 1 is 1.13 bits per heavy atom. The predicted octanol–water partition coefficient (Wildman–Crippen LogP) is 4.78. The number of nitrogens with zero attached hydrogens (tertiary/aromatic N) is 3. The first kappa shape index (κ1) is 27.1. The number of halogens is 1. The van der Waals surface area contributed by atoms with Crippen molar-refractivity contribution < 1.29 is 14.3 Å². The van der Waals surface area contributed by atoms with Crippen LogP contribution in [0.15, 0.2) is 67.1 Å². The molecule has 3 unspecified atom stereocenters. The molecule has 2 aromatic heterocycles. The molecule has 10 heteroatoms. The fraction of sp³-hybridized carbons (Fsp3) is 0.379. The normalized spacial score (nSPS) is 20.3. The molecule has 1 aromatic carbocycles. The summed E-state index contributed by atoms with van der Waals surface area (Å²) in [7, 11) is 1.58. The first-order chi connectivity index (χ1) is 18.9. The molecule has 0 spiro atoms. The molecule has 0 bridgehead atoms. The number of urea groups is 1. The molecule has 1 aliphatic heterocycles. The van der Waals surface area contributed by atoms with E-state index in [0.29, 0.717) is 22.9 Å². The van der Waals surface area contributed by atoms with Gasteiger partial charge in [-0.25, -0.2) is 9.78 Å². The van der Waals surface area contributed by atoms with Crippen molar-refractivity contribution in [3.63, 3.8) is 0 Å². The number of ether oxygens (including phenoxy) is 1. The van der Waals surface area contributed by atoms with Gasteiger partial charge in [0, 0.05) is 44.4 Å².